The molecule has 0 saturated carbocycles. The van der Waals surface area contributed by atoms with Crippen LogP contribution in [0, 0.1) is 0 Å². The lowest BCUT2D eigenvalue weighted by atomic mass is 10.0. The summed E-state index contributed by atoms with van der Waals surface area (Å²) in [6, 6.07) is 0. The summed E-state index contributed by atoms with van der Waals surface area (Å²) in [6.45, 7) is 5.49. The van der Waals surface area contributed by atoms with Gasteiger partial charge >= 0.3 is 5.97 Å². The number of rotatable bonds is 48. The normalized spacial score (nSPS) is 13.6. The molecule has 0 aromatic carbocycles. The van der Waals surface area contributed by atoms with Crippen molar-refractivity contribution in [3.63, 3.8) is 0 Å². The number of esters is 1. The molecule has 0 aromatic rings. The molecule has 0 aromatic heterocycles. The summed E-state index contributed by atoms with van der Waals surface area (Å²) in [7, 11) is 1.38. The van der Waals surface area contributed by atoms with Crippen LogP contribution in [0.2, 0.25) is 0 Å². The van der Waals surface area contributed by atoms with Gasteiger partial charge in [-0.15, -0.1) is 0 Å². The molecule has 0 radical (unpaired) electrons. The zero-order chi connectivity index (χ0) is 42.7. The standard InChI is InChI=1S/C49H100NO7P/c1-6-8-10-12-14-16-18-20-22-24-25-26-27-28-30-32-34-36-38-40-42-49(51)57-48(47-56-58(52,53)55-45-43-50(3,4)5)46-54-44-41-39-37-35-33-31-29-23-21-19-17-15-13-11-9-7-2/h48H,6-47H2,1-5H3/t48-/m1/s1. The van der Waals surface area contributed by atoms with Gasteiger partial charge < -0.3 is 27.9 Å². The van der Waals surface area contributed by atoms with Crippen molar-refractivity contribution < 1.29 is 37.3 Å². The summed E-state index contributed by atoms with van der Waals surface area (Å²) in [5.41, 5.74) is 0. The van der Waals surface area contributed by atoms with Crippen LogP contribution in [0.5, 0.6) is 0 Å². The second-order valence-corrected chi connectivity index (χ2v) is 20.0. The molecule has 0 fully saturated rings. The molecule has 1 unspecified atom stereocenters. The Bertz CT molecular complexity index is 899. The van der Waals surface area contributed by atoms with Crippen molar-refractivity contribution in [2.45, 2.75) is 258 Å². The Balaban J connectivity index is 4.09. The molecule has 0 heterocycles. The van der Waals surface area contributed by atoms with Crippen molar-refractivity contribution in [3.05, 3.63) is 0 Å². The van der Waals surface area contributed by atoms with E-state index in [2.05, 4.69) is 13.8 Å². The van der Waals surface area contributed by atoms with Crippen LogP contribution in [-0.4, -0.2) is 70.7 Å². The number of phosphoric acid groups is 1. The fourth-order valence-electron chi connectivity index (χ4n) is 7.49. The number of hydrogen-bond donors (Lipinski definition) is 0. The van der Waals surface area contributed by atoms with E-state index in [1.807, 2.05) is 21.1 Å². The van der Waals surface area contributed by atoms with E-state index < -0.39 is 13.9 Å². The molecular weight excluding hydrogens is 746 g/mol. The average Bonchev–Trinajstić information content (AvgIpc) is 3.18. The molecule has 9 heteroatoms. The first-order valence-electron chi connectivity index (χ1n) is 25.3. The zero-order valence-corrected chi connectivity index (χ0v) is 40.4. The van der Waals surface area contributed by atoms with Gasteiger partial charge in [0.2, 0.25) is 0 Å². The molecule has 0 aliphatic heterocycles. The van der Waals surface area contributed by atoms with Crippen molar-refractivity contribution in [1.29, 1.82) is 0 Å². The monoisotopic (exact) mass is 846 g/mol. The van der Waals surface area contributed by atoms with Gasteiger partial charge in [0.1, 0.15) is 19.3 Å². The smallest absolute Gasteiger partial charge is 0.306 e. The number of phosphoric ester groups is 1. The summed E-state index contributed by atoms with van der Waals surface area (Å²) >= 11 is 0. The lowest BCUT2D eigenvalue weighted by molar-refractivity contribution is -0.870. The SMILES string of the molecule is CCCCCCCCCCCCCCCCCCCCCCC(=O)O[C@H](COCCCCCCCCCCCCCCCCCC)COP(=O)([O-])OCC[N+](C)(C)C. The largest absolute Gasteiger partial charge is 0.756 e. The molecule has 8 nitrogen and oxygen atoms in total. The number of unbranched alkanes of at least 4 members (excludes halogenated alkanes) is 34. The third kappa shape index (κ3) is 46.6. The Morgan fingerprint density at radius 2 is 0.793 bits per heavy atom. The Morgan fingerprint density at radius 3 is 1.14 bits per heavy atom. The molecule has 0 rings (SSSR count). The number of carbonyl (C=O) groups is 1. The average molecular weight is 846 g/mol. The van der Waals surface area contributed by atoms with Crippen LogP contribution < -0.4 is 4.89 Å². The first-order chi connectivity index (χ1) is 28.1. The fourth-order valence-corrected chi connectivity index (χ4v) is 8.22. The fraction of sp³-hybridized carbons (Fsp3) is 0.980. The van der Waals surface area contributed by atoms with Crippen LogP contribution >= 0.6 is 7.82 Å². The summed E-state index contributed by atoms with van der Waals surface area (Å²) in [6.07, 6.45) is 46.9. The van der Waals surface area contributed by atoms with E-state index >= 15 is 0 Å². The van der Waals surface area contributed by atoms with E-state index in [-0.39, 0.29) is 25.8 Å². The molecule has 0 aliphatic rings. The molecule has 0 saturated heterocycles. The van der Waals surface area contributed by atoms with E-state index in [0.29, 0.717) is 24.1 Å². The molecular formula is C49H100NO7P. The van der Waals surface area contributed by atoms with Gasteiger partial charge in [-0.3, -0.25) is 9.36 Å². The number of hydrogen-bond acceptors (Lipinski definition) is 7. The van der Waals surface area contributed by atoms with Crippen LogP contribution in [0.15, 0.2) is 0 Å². The van der Waals surface area contributed by atoms with Gasteiger partial charge in [0.15, 0.2) is 0 Å². The van der Waals surface area contributed by atoms with Gasteiger partial charge in [-0.1, -0.05) is 232 Å². The molecule has 0 aliphatic carbocycles. The molecule has 58 heavy (non-hydrogen) atoms. The summed E-state index contributed by atoms with van der Waals surface area (Å²) < 4.78 is 34.7. The minimum Gasteiger partial charge on any atom is -0.756 e. The molecule has 0 bridgehead atoms. The van der Waals surface area contributed by atoms with Crippen LogP contribution in [0.3, 0.4) is 0 Å². The van der Waals surface area contributed by atoms with Gasteiger partial charge in [-0.25, -0.2) is 0 Å². The quantitative estimate of drug-likeness (QED) is 0.0260. The van der Waals surface area contributed by atoms with Crippen molar-refractivity contribution in [2.75, 3.05) is 54.1 Å². The maximum atomic E-state index is 12.7. The van der Waals surface area contributed by atoms with Crippen molar-refractivity contribution in [2.24, 2.45) is 0 Å². The topological polar surface area (TPSA) is 94.1 Å². The molecule has 0 amide bonds. The molecule has 0 N–H and O–H groups in total. The van der Waals surface area contributed by atoms with E-state index in [9.17, 15) is 14.3 Å². The predicted octanol–water partition coefficient (Wildman–Crippen LogP) is 14.6. The Hall–Kier alpha value is -0.500. The maximum absolute atomic E-state index is 12.7. The highest BCUT2D eigenvalue weighted by atomic mass is 31.2. The number of nitrogens with zero attached hydrogens (tertiary/aromatic N) is 1. The minimum atomic E-state index is -4.52. The number of likely N-dealkylation sites (N-methyl/N-ethyl adjacent to an activating group) is 1. The second kappa shape index (κ2) is 43.2. The minimum absolute atomic E-state index is 0.0317. The van der Waals surface area contributed by atoms with Gasteiger partial charge in [0.05, 0.1) is 34.4 Å². The Morgan fingerprint density at radius 1 is 0.466 bits per heavy atom. The molecule has 0 spiro atoms. The second-order valence-electron chi connectivity index (χ2n) is 18.5. The first-order valence-corrected chi connectivity index (χ1v) is 26.7. The van der Waals surface area contributed by atoms with E-state index in [0.717, 1.165) is 32.1 Å². The Labute approximate surface area is 361 Å². The predicted molar refractivity (Wildman–Crippen MR) is 245 cm³/mol. The van der Waals surface area contributed by atoms with Gasteiger partial charge in [-0.05, 0) is 12.8 Å². The summed E-state index contributed by atoms with van der Waals surface area (Å²) in [4.78, 5) is 25.1. The van der Waals surface area contributed by atoms with Gasteiger partial charge in [-0.2, -0.15) is 0 Å². The molecule has 348 valence electrons. The van der Waals surface area contributed by atoms with Crippen molar-refractivity contribution in [3.8, 4) is 0 Å². The number of quaternary nitrogens is 1. The highest BCUT2D eigenvalue weighted by Gasteiger charge is 2.20. The zero-order valence-electron chi connectivity index (χ0n) is 39.5. The third-order valence-corrected chi connectivity index (χ3v) is 12.4. The lowest BCUT2D eigenvalue weighted by Crippen LogP contribution is -2.37. The number of carbonyl (C=O) groups excluding carboxylic acids is 1. The highest BCUT2D eigenvalue weighted by molar-refractivity contribution is 7.45. The molecule has 2 atom stereocenters. The summed E-state index contributed by atoms with van der Waals surface area (Å²) in [5, 5.41) is 0. The van der Waals surface area contributed by atoms with E-state index in [1.165, 1.54) is 199 Å². The van der Waals surface area contributed by atoms with Crippen LogP contribution in [-0.2, 0) is 27.9 Å². The third-order valence-electron chi connectivity index (χ3n) is 11.4. The van der Waals surface area contributed by atoms with Crippen molar-refractivity contribution >= 4 is 13.8 Å². The Kier molecular flexibility index (Phi) is 42.8. The highest BCUT2D eigenvalue weighted by Crippen LogP contribution is 2.38. The van der Waals surface area contributed by atoms with Crippen molar-refractivity contribution in [1.82, 2.24) is 0 Å². The van der Waals surface area contributed by atoms with Gasteiger partial charge in [0, 0.05) is 13.0 Å². The van der Waals surface area contributed by atoms with E-state index in [4.69, 9.17) is 18.5 Å². The van der Waals surface area contributed by atoms with Crippen LogP contribution in [0.25, 0.3) is 0 Å². The van der Waals surface area contributed by atoms with Gasteiger partial charge in [0.25, 0.3) is 7.82 Å². The summed E-state index contributed by atoms with van der Waals surface area (Å²) in [5.74, 6) is -0.325. The number of ether oxygens (including phenoxy) is 2. The van der Waals surface area contributed by atoms with Crippen LogP contribution in [0.4, 0.5) is 0 Å². The van der Waals surface area contributed by atoms with E-state index in [1.54, 1.807) is 0 Å². The maximum Gasteiger partial charge on any atom is 0.306 e. The lowest BCUT2D eigenvalue weighted by Gasteiger charge is -2.28. The first kappa shape index (κ1) is 57.5. The van der Waals surface area contributed by atoms with Crippen LogP contribution in [0.1, 0.15) is 251 Å².